The lowest BCUT2D eigenvalue weighted by Gasteiger charge is -2.29. The predicted molar refractivity (Wildman–Crippen MR) is 75.4 cm³/mol. The number of hydrazine groups is 1. The van der Waals surface area contributed by atoms with E-state index in [0.717, 1.165) is 11.3 Å². The molecule has 5 heteroatoms. The van der Waals surface area contributed by atoms with Crippen molar-refractivity contribution in [3.8, 4) is 5.75 Å². The normalized spacial score (nSPS) is 12.6. The molecule has 1 atom stereocenters. The third-order valence-electron chi connectivity index (χ3n) is 3.08. The van der Waals surface area contributed by atoms with Crippen molar-refractivity contribution in [1.29, 1.82) is 0 Å². The van der Waals surface area contributed by atoms with E-state index in [2.05, 4.69) is 5.43 Å². The zero-order valence-electron chi connectivity index (χ0n) is 12.0. The molecule has 0 fully saturated rings. The van der Waals surface area contributed by atoms with E-state index >= 15 is 0 Å². The molecule has 0 aliphatic heterocycles. The molecule has 0 saturated carbocycles. The van der Waals surface area contributed by atoms with Crippen LogP contribution in [0, 0.1) is 5.92 Å². The molecule has 0 aliphatic carbocycles. The minimum atomic E-state index is -0.254. The Kier molecular flexibility index (Phi) is 5.79. The van der Waals surface area contributed by atoms with E-state index in [1.54, 1.807) is 7.11 Å². The Morgan fingerprint density at radius 2 is 2.16 bits per heavy atom. The highest BCUT2D eigenvalue weighted by molar-refractivity contribution is 5.81. The summed E-state index contributed by atoms with van der Waals surface area (Å²) >= 11 is 0. The van der Waals surface area contributed by atoms with Gasteiger partial charge in [-0.15, -0.1) is 0 Å². The van der Waals surface area contributed by atoms with Crippen LogP contribution in [-0.4, -0.2) is 31.0 Å². The Labute approximate surface area is 114 Å². The van der Waals surface area contributed by atoms with E-state index in [0.29, 0.717) is 6.54 Å². The Hall–Kier alpha value is -1.59. The van der Waals surface area contributed by atoms with Gasteiger partial charge in [0.15, 0.2) is 0 Å². The average Bonchev–Trinajstić information content (AvgIpc) is 2.38. The lowest BCUT2D eigenvalue weighted by molar-refractivity contribution is -0.127. The number of hydrogen-bond acceptors (Lipinski definition) is 4. The Balaban J connectivity index is 2.80. The summed E-state index contributed by atoms with van der Waals surface area (Å²) in [6.45, 7) is 4.66. The summed E-state index contributed by atoms with van der Waals surface area (Å²) < 4.78 is 5.20. The predicted octanol–water partition coefficient (Wildman–Crippen LogP) is 1.14. The molecule has 0 bridgehead atoms. The first-order valence-corrected chi connectivity index (χ1v) is 6.33. The molecule has 106 valence electrons. The Bertz CT molecular complexity index is 421. The highest BCUT2D eigenvalue weighted by Gasteiger charge is 2.25. The van der Waals surface area contributed by atoms with E-state index in [9.17, 15) is 4.79 Å². The number of nitrogens with two attached hydrogens (primary N) is 1. The number of nitrogens with zero attached hydrogens (tertiary/aromatic N) is 1. The summed E-state index contributed by atoms with van der Waals surface area (Å²) in [4.78, 5) is 13.8. The molecule has 1 rings (SSSR count). The molecule has 1 amide bonds. The van der Waals surface area contributed by atoms with Gasteiger partial charge in [-0.2, -0.15) is 0 Å². The fourth-order valence-corrected chi connectivity index (χ4v) is 2.25. The number of methoxy groups -OCH3 is 1. The van der Waals surface area contributed by atoms with Crippen molar-refractivity contribution in [2.45, 2.75) is 26.4 Å². The van der Waals surface area contributed by atoms with Gasteiger partial charge in [0.2, 0.25) is 0 Å². The fraction of sp³-hybridized carbons (Fsp3) is 0.500. The maximum atomic E-state index is 11.8. The summed E-state index contributed by atoms with van der Waals surface area (Å²) in [5.41, 5.74) is 3.33. The molecular formula is C14H23N3O2. The van der Waals surface area contributed by atoms with Gasteiger partial charge in [0.1, 0.15) is 5.75 Å². The number of ether oxygens (including phenoxy) is 1. The SMILES string of the molecule is COc1cccc(CN(C)C(C(=O)NN)C(C)C)c1. The zero-order chi connectivity index (χ0) is 14.4. The van der Waals surface area contributed by atoms with Crippen LogP contribution >= 0.6 is 0 Å². The number of likely N-dealkylation sites (N-methyl/N-ethyl adjacent to an activating group) is 1. The van der Waals surface area contributed by atoms with Gasteiger partial charge in [0, 0.05) is 6.54 Å². The summed E-state index contributed by atoms with van der Waals surface area (Å²) in [7, 11) is 3.56. The van der Waals surface area contributed by atoms with Crippen molar-refractivity contribution in [3.63, 3.8) is 0 Å². The van der Waals surface area contributed by atoms with Crippen LogP contribution in [-0.2, 0) is 11.3 Å². The van der Waals surface area contributed by atoms with E-state index in [1.165, 1.54) is 0 Å². The molecule has 0 saturated heterocycles. The van der Waals surface area contributed by atoms with Crippen molar-refractivity contribution in [2.24, 2.45) is 11.8 Å². The maximum absolute atomic E-state index is 11.8. The van der Waals surface area contributed by atoms with Crippen molar-refractivity contribution >= 4 is 5.91 Å². The quantitative estimate of drug-likeness (QED) is 0.460. The minimum Gasteiger partial charge on any atom is -0.497 e. The third-order valence-corrected chi connectivity index (χ3v) is 3.08. The van der Waals surface area contributed by atoms with Crippen molar-refractivity contribution < 1.29 is 9.53 Å². The number of benzene rings is 1. The molecule has 5 nitrogen and oxygen atoms in total. The number of hydrogen-bond donors (Lipinski definition) is 2. The minimum absolute atomic E-state index is 0.166. The van der Waals surface area contributed by atoms with Gasteiger partial charge >= 0.3 is 0 Å². The number of rotatable bonds is 6. The van der Waals surface area contributed by atoms with E-state index in [4.69, 9.17) is 10.6 Å². The van der Waals surface area contributed by atoms with Gasteiger partial charge < -0.3 is 4.74 Å². The van der Waals surface area contributed by atoms with Gasteiger partial charge in [-0.05, 0) is 30.7 Å². The van der Waals surface area contributed by atoms with E-state index in [-0.39, 0.29) is 17.9 Å². The first-order valence-electron chi connectivity index (χ1n) is 6.33. The molecule has 0 aliphatic rings. The monoisotopic (exact) mass is 265 g/mol. The van der Waals surface area contributed by atoms with Gasteiger partial charge in [-0.1, -0.05) is 26.0 Å². The van der Waals surface area contributed by atoms with Crippen LogP contribution < -0.4 is 16.0 Å². The van der Waals surface area contributed by atoms with Crippen LogP contribution in [0.4, 0.5) is 0 Å². The smallest absolute Gasteiger partial charge is 0.251 e. The summed E-state index contributed by atoms with van der Waals surface area (Å²) in [5.74, 6) is 6.07. The van der Waals surface area contributed by atoms with Gasteiger partial charge in [0.25, 0.3) is 5.91 Å². The molecule has 0 spiro atoms. The summed E-state index contributed by atoms with van der Waals surface area (Å²) in [5, 5.41) is 0. The first-order chi connectivity index (χ1) is 8.99. The van der Waals surface area contributed by atoms with E-state index < -0.39 is 0 Å². The Morgan fingerprint density at radius 3 is 2.68 bits per heavy atom. The fourth-order valence-electron chi connectivity index (χ4n) is 2.25. The van der Waals surface area contributed by atoms with Crippen LogP contribution in [0.25, 0.3) is 0 Å². The van der Waals surface area contributed by atoms with Crippen LogP contribution in [0.1, 0.15) is 19.4 Å². The zero-order valence-corrected chi connectivity index (χ0v) is 12.0. The number of carbonyl (C=O) groups excluding carboxylic acids is 1. The highest BCUT2D eigenvalue weighted by Crippen LogP contribution is 2.17. The van der Waals surface area contributed by atoms with Crippen LogP contribution in [0.2, 0.25) is 0 Å². The third kappa shape index (κ3) is 4.22. The number of amides is 1. The lowest BCUT2D eigenvalue weighted by atomic mass is 10.0. The van der Waals surface area contributed by atoms with Crippen molar-refractivity contribution in [2.75, 3.05) is 14.2 Å². The molecule has 1 aromatic carbocycles. The van der Waals surface area contributed by atoms with E-state index in [1.807, 2.05) is 50.1 Å². The van der Waals surface area contributed by atoms with Gasteiger partial charge in [0.05, 0.1) is 13.2 Å². The summed E-state index contributed by atoms with van der Waals surface area (Å²) in [6, 6.07) is 7.56. The second kappa shape index (κ2) is 7.11. The van der Waals surface area contributed by atoms with Gasteiger partial charge in [-0.3, -0.25) is 15.1 Å². The van der Waals surface area contributed by atoms with Crippen molar-refractivity contribution in [3.05, 3.63) is 29.8 Å². The largest absolute Gasteiger partial charge is 0.497 e. The topological polar surface area (TPSA) is 67.6 Å². The lowest BCUT2D eigenvalue weighted by Crippen LogP contribution is -2.50. The first kappa shape index (κ1) is 15.5. The second-order valence-electron chi connectivity index (χ2n) is 4.96. The molecule has 0 radical (unpaired) electrons. The van der Waals surface area contributed by atoms with Crippen LogP contribution in [0.5, 0.6) is 5.75 Å². The number of carbonyl (C=O) groups is 1. The maximum Gasteiger partial charge on any atom is 0.251 e. The van der Waals surface area contributed by atoms with Crippen LogP contribution in [0.15, 0.2) is 24.3 Å². The van der Waals surface area contributed by atoms with Gasteiger partial charge in [-0.25, -0.2) is 5.84 Å². The van der Waals surface area contributed by atoms with Crippen LogP contribution in [0.3, 0.4) is 0 Å². The molecule has 0 heterocycles. The molecule has 19 heavy (non-hydrogen) atoms. The average molecular weight is 265 g/mol. The second-order valence-corrected chi connectivity index (χ2v) is 4.96. The molecule has 3 N–H and O–H groups in total. The molecule has 1 unspecified atom stereocenters. The standard InChI is InChI=1S/C14H23N3O2/c1-10(2)13(14(18)16-15)17(3)9-11-6-5-7-12(8-11)19-4/h5-8,10,13H,9,15H2,1-4H3,(H,16,18). The summed E-state index contributed by atoms with van der Waals surface area (Å²) in [6.07, 6.45) is 0. The van der Waals surface area contributed by atoms with Crippen molar-refractivity contribution in [1.82, 2.24) is 10.3 Å². The molecule has 1 aromatic rings. The molecular weight excluding hydrogens is 242 g/mol. The molecule has 0 aromatic heterocycles. The Morgan fingerprint density at radius 1 is 1.47 bits per heavy atom. The number of nitrogens with one attached hydrogen (secondary N) is 1. The highest BCUT2D eigenvalue weighted by atomic mass is 16.5.